The van der Waals surface area contributed by atoms with E-state index in [0.29, 0.717) is 19.6 Å². The number of nitrogens with zero attached hydrogens (tertiary/aromatic N) is 5. The van der Waals surface area contributed by atoms with Crippen LogP contribution >= 0.6 is 0 Å². The molecule has 0 atom stereocenters. The van der Waals surface area contributed by atoms with Crippen molar-refractivity contribution >= 4 is 32.4 Å². The predicted octanol–water partition coefficient (Wildman–Crippen LogP) is 0.580. The molecule has 2 saturated heterocycles. The summed E-state index contributed by atoms with van der Waals surface area (Å²) in [6.45, 7) is 5.55. The maximum absolute atomic E-state index is 11.7. The first-order valence-electron chi connectivity index (χ1n) is 10.5. The molecule has 0 unspecified atom stereocenters. The molecular weight excluding hydrogens is 404 g/mol. The summed E-state index contributed by atoms with van der Waals surface area (Å²) in [6.07, 6.45) is 6.49. The van der Waals surface area contributed by atoms with E-state index in [1.165, 1.54) is 10.6 Å². The van der Waals surface area contributed by atoms with Crippen molar-refractivity contribution < 1.29 is 13.5 Å². The summed E-state index contributed by atoms with van der Waals surface area (Å²) in [4.78, 5) is 13.8. The van der Waals surface area contributed by atoms with Gasteiger partial charge in [-0.15, -0.1) is 0 Å². The molecule has 9 nitrogen and oxygen atoms in total. The minimum Gasteiger partial charge on any atom is -0.395 e. The van der Waals surface area contributed by atoms with Crippen molar-refractivity contribution in [2.24, 2.45) is 0 Å². The number of anilines is 2. The van der Waals surface area contributed by atoms with Gasteiger partial charge in [-0.1, -0.05) is 0 Å². The highest BCUT2D eigenvalue weighted by Gasteiger charge is 2.25. The Labute approximate surface area is 177 Å². The fourth-order valence-electron chi connectivity index (χ4n) is 4.25. The maximum Gasteiger partial charge on any atom is 0.211 e. The first-order valence-corrected chi connectivity index (χ1v) is 12.3. The fourth-order valence-corrected chi connectivity index (χ4v) is 5.12. The van der Waals surface area contributed by atoms with E-state index in [1.54, 1.807) is 0 Å². The van der Waals surface area contributed by atoms with Gasteiger partial charge in [-0.3, -0.25) is 4.90 Å². The molecule has 2 aromatic heterocycles. The molecule has 0 aromatic carbocycles. The summed E-state index contributed by atoms with van der Waals surface area (Å²) in [7, 11) is -3.12. The van der Waals surface area contributed by atoms with Crippen LogP contribution in [0.5, 0.6) is 0 Å². The van der Waals surface area contributed by atoms with Gasteiger partial charge in [0.1, 0.15) is 11.6 Å². The number of pyridine rings is 2. The van der Waals surface area contributed by atoms with E-state index in [1.807, 2.05) is 18.5 Å². The number of fused-ring (bicyclic) bond motifs is 1. The quantitative estimate of drug-likeness (QED) is 0.681. The van der Waals surface area contributed by atoms with Crippen LogP contribution in [-0.4, -0.2) is 97.4 Å². The molecule has 2 aliphatic heterocycles. The molecule has 30 heavy (non-hydrogen) atoms. The lowest BCUT2D eigenvalue weighted by Crippen LogP contribution is -2.47. The number of β-amino-alcohol motifs (C(OH)–C–C–N with tert-alkyl or cyclic N) is 1. The van der Waals surface area contributed by atoms with E-state index >= 15 is 0 Å². The Kier molecular flexibility index (Phi) is 6.37. The van der Waals surface area contributed by atoms with Crippen molar-refractivity contribution in [2.75, 3.05) is 68.9 Å². The molecule has 0 spiro atoms. The number of hydrogen-bond donors (Lipinski definition) is 2. The number of piperidine rings is 1. The summed E-state index contributed by atoms with van der Waals surface area (Å²) in [5.41, 5.74) is 0. The van der Waals surface area contributed by atoms with Gasteiger partial charge < -0.3 is 15.3 Å². The average Bonchev–Trinajstić information content (AvgIpc) is 2.74. The number of aliphatic hydroxyl groups excluding tert-OH is 1. The second-order valence-electron chi connectivity index (χ2n) is 8.06. The minimum atomic E-state index is -3.12. The van der Waals surface area contributed by atoms with Crippen LogP contribution in [0.4, 0.5) is 11.6 Å². The van der Waals surface area contributed by atoms with Crippen LogP contribution in [-0.2, 0) is 10.0 Å². The highest BCUT2D eigenvalue weighted by Crippen LogP contribution is 2.27. The standard InChI is InChI=1S/C20H30N6O3S/c1-30(28,29)26-6-3-17(4-7-26)23-19-14-18-16(15-22-19)2-5-21-20(18)25-10-8-24(9-11-25)12-13-27/h2,5,14-15,17,27H,3-4,6-13H2,1H3,(H,22,23). The summed E-state index contributed by atoms with van der Waals surface area (Å²) in [6, 6.07) is 4.23. The number of sulfonamides is 1. The Hall–Kier alpha value is -2.01. The molecule has 164 valence electrons. The smallest absolute Gasteiger partial charge is 0.211 e. The third kappa shape index (κ3) is 4.83. The topological polar surface area (TPSA) is 102 Å². The zero-order chi connectivity index (χ0) is 21.1. The molecule has 0 radical (unpaired) electrons. The molecule has 0 saturated carbocycles. The Morgan fingerprint density at radius 2 is 1.87 bits per heavy atom. The molecule has 2 fully saturated rings. The largest absolute Gasteiger partial charge is 0.395 e. The van der Waals surface area contributed by atoms with Gasteiger partial charge in [-0.25, -0.2) is 22.7 Å². The molecule has 4 rings (SSSR count). The lowest BCUT2D eigenvalue weighted by atomic mass is 10.1. The fraction of sp³-hybridized carbons (Fsp3) is 0.600. The highest BCUT2D eigenvalue weighted by atomic mass is 32.2. The van der Waals surface area contributed by atoms with Gasteiger partial charge in [-0.2, -0.15) is 0 Å². The lowest BCUT2D eigenvalue weighted by Gasteiger charge is -2.35. The normalized spacial score (nSPS) is 20.0. The molecule has 2 N–H and O–H groups in total. The Balaban J connectivity index is 1.47. The molecule has 2 aliphatic rings. The number of aromatic nitrogens is 2. The second kappa shape index (κ2) is 9.01. The number of nitrogens with one attached hydrogen (secondary N) is 1. The van der Waals surface area contributed by atoms with Gasteiger partial charge in [0, 0.05) is 75.0 Å². The van der Waals surface area contributed by atoms with E-state index in [0.717, 1.165) is 61.4 Å². The number of aliphatic hydroxyl groups is 1. The number of rotatable bonds is 6. The van der Waals surface area contributed by atoms with Gasteiger partial charge in [0.25, 0.3) is 0 Å². The molecular formula is C20H30N6O3S. The molecule has 0 aliphatic carbocycles. The van der Waals surface area contributed by atoms with Crippen LogP contribution in [0.1, 0.15) is 12.8 Å². The van der Waals surface area contributed by atoms with E-state index in [-0.39, 0.29) is 12.6 Å². The predicted molar refractivity (Wildman–Crippen MR) is 118 cm³/mol. The van der Waals surface area contributed by atoms with Crippen molar-refractivity contribution in [2.45, 2.75) is 18.9 Å². The second-order valence-corrected chi connectivity index (χ2v) is 10.0. The van der Waals surface area contributed by atoms with E-state index in [9.17, 15) is 8.42 Å². The summed E-state index contributed by atoms with van der Waals surface area (Å²) < 4.78 is 25.0. The van der Waals surface area contributed by atoms with Crippen molar-refractivity contribution in [3.8, 4) is 0 Å². The Morgan fingerprint density at radius 3 is 2.53 bits per heavy atom. The third-order valence-corrected chi connectivity index (χ3v) is 7.29. The number of hydrogen-bond acceptors (Lipinski definition) is 8. The zero-order valence-electron chi connectivity index (χ0n) is 17.4. The van der Waals surface area contributed by atoms with Crippen LogP contribution in [0.3, 0.4) is 0 Å². The maximum atomic E-state index is 11.7. The average molecular weight is 435 g/mol. The van der Waals surface area contributed by atoms with Crippen molar-refractivity contribution in [1.82, 2.24) is 19.2 Å². The zero-order valence-corrected chi connectivity index (χ0v) is 18.2. The van der Waals surface area contributed by atoms with E-state index in [4.69, 9.17) is 5.11 Å². The van der Waals surface area contributed by atoms with Crippen LogP contribution in [0.25, 0.3) is 10.8 Å². The molecule has 4 heterocycles. The van der Waals surface area contributed by atoms with Crippen molar-refractivity contribution in [3.05, 3.63) is 24.5 Å². The van der Waals surface area contributed by atoms with Crippen LogP contribution < -0.4 is 10.2 Å². The summed E-state index contributed by atoms with van der Waals surface area (Å²) in [5.74, 6) is 1.77. The van der Waals surface area contributed by atoms with Crippen molar-refractivity contribution in [1.29, 1.82) is 0 Å². The Morgan fingerprint density at radius 1 is 1.13 bits per heavy atom. The summed E-state index contributed by atoms with van der Waals surface area (Å²) >= 11 is 0. The minimum absolute atomic E-state index is 0.191. The number of piperazine rings is 1. The first-order chi connectivity index (χ1) is 14.4. The van der Waals surface area contributed by atoms with E-state index < -0.39 is 10.0 Å². The third-order valence-electron chi connectivity index (χ3n) is 5.99. The van der Waals surface area contributed by atoms with Gasteiger partial charge in [-0.05, 0) is 25.0 Å². The SMILES string of the molecule is CS(=O)(=O)N1CCC(Nc2cc3c(N4CCN(CCO)CC4)nccc3cn2)CC1. The van der Waals surface area contributed by atoms with Crippen LogP contribution in [0, 0.1) is 0 Å². The highest BCUT2D eigenvalue weighted by molar-refractivity contribution is 7.88. The monoisotopic (exact) mass is 434 g/mol. The molecule has 0 amide bonds. The van der Waals surface area contributed by atoms with Gasteiger partial charge in [0.2, 0.25) is 10.0 Å². The van der Waals surface area contributed by atoms with Crippen LogP contribution in [0.15, 0.2) is 24.5 Å². The molecule has 10 heteroatoms. The lowest BCUT2D eigenvalue weighted by molar-refractivity contribution is 0.188. The molecule has 2 aromatic rings. The first kappa shape index (κ1) is 21.2. The van der Waals surface area contributed by atoms with Crippen molar-refractivity contribution in [3.63, 3.8) is 0 Å². The van der Waals surface area contributed by atoms with Crippen LogP contribution in [0.2, 0.25) is 0 Å². The van der Waals surface area contributed by atoms with E-state index in [2.05, 4.69) is 31.2 Å². The van der Waals surface area contributed by atoms with Gasteiger partial charge >= 0.3 is 0 Å². The molecule has 0 bridgehead atoms. The van der Waals surface area contributed by atoms with Gasteiger partial charge in [0.15, 0.2) is 0 Å². The summed E-state index contributed by atoms with van der Waals surface area (Å²) in [5, 5.41) is 14.8. The Bertz CT molecular complexity index is 970. The van der Waals surface area contributed by atoms with Gasteiger partial charge in [0.05, 0.1) is 12.9 Å².